The zero-order valence-electron chi connectivity index (χ0n) is 11.6. The third-order valence-electron chi connectivity index (χ3n) is 2.65. The van der Waals surface area contributed by atoms with Gasteiger partial charge in [0, 0.05) is 18.7 Å². The molecule has 0 bridgehead atoms. The van der Waals surface area contributed by atoms with Crippen LogP contribution in [-0.2, 0) is 10.0 Å². The van der Waals surface area contributed by atoms with E-state index in [1.807, 2.05) is 6.92 Å². The first-order valence-corrected chi connectivity index (χ1v) is 7.87. The summed E-state index contributed by atoms with van der Waals surface area (Å²) in [5.74, 6) is -0.246. The van der Waals surface area contributed by atoms with Crippen molar-refractivity contribution in [2.75, 3.05) is 36.9 Å². The van der Waals surface area contributed by atoms with Gasteiger partial charge >= 0.3 is 0 Å². The van der Waals surface area contributed by atoms with E-state index < -0.39 is 10.0 Å². The maximum Gasteiger partial charge on any atom is 0.251 e. The van der Waals surface area contributed by atoms with Crippen molar-refractivity contribution in [1.29, 1.82) is 0 Å². The number of hydrogen-bond donors (Lipinski definition) is 4. The first-order valence-electron chi connectivity index (χ1n) is 6.22. The molecule has 1 aromatic rings. The second-order valence-corrected chi connectivity index (χ2v) is 6.16. The lowest BCUT2D eigenvalue weighted by molar-refractivity contribution is 0.0956. The fraction of sp³-hybridized carbons (Fsp3) is 0.417. The monoisotopic (exact) mass is 300 g/mol. The molecular formula is C12H20N4O3S. The first-order chi connectivity index (χ1) is 9.39. The van der Waals surface area contributed by atoms with Crippen LogP contribution < -0.4 is 21.1 Å². The topological polar surface area (TPSA) is 113 Å². The molecule has 0 heterocycles. The molecule has 0 radical (unpaired) electrons. The Hall–Kier alpha value is -1.80. The number of benzene rings is 1. The number of nitrogen functional groups attached to an aromatic ring is 1. The SMILES string of the molecule is CCNC(=O)c1ccc(NCCS(=O)(=O)NC)c(N)c1. The molecule has 0 fully saturated rings. The number of nitrogens with one attached hydrogen (secondary N) is 3. The lowest BCUT2D eigenvalue weighted by Crippen LogP contribution is -2.26. The van der Waals surface area contributed by atoms with Crippen LogP contribution in [0.5, 0.6) is 0 Å². The maximum absolute atomic E-state index is 11.6. The summed E-state index contributed by atoms with van der Waals surface area (Å²) in [6, 6.07) is 4.85. The highest BCUT2D eigenvalue weighted by atomic mass is 32.2. The predicted molar refractivity (Wildman–Crippen MR) is 80.2 cm³/mol. The Kier molecular flexibility index (Phi) is 5.78. The summed E-state index contributed by atoms with van der Waals surface area (Å²) < 4.78 is 24.7. The van der Waals surface area contributed by atoms with Gasteiger partial charge in [0.15, 0.2) is 0 Å². The van der Waals surface area contributed by atoms with E-state index in [0.29, 0.717) is 23.5 Å². The van der Waals surface area contributed by atoms with Crippen molar-refractivity contribution in [3.05, 3.63) is 23.8 Å². The van der Waals surface area contributed by atoms with Crippen LogP contribution in [0.3, 0.4) is 0 Å². The Morgan fingerprint density at radius 2 is 2.05 bits per heavy atom. The van der Waals surface area contributed by atoms with Gasteiger partial charge in [0.1, 0.15) is 0 Å². The van der Waals surface area contributed by atoms with Crippen LogP contribution in [0.2, 0.25) is 0 Å². The van der Waals surface area contributed by atoms with E-state index in [4.69, 9.17) is 5.73 Å². The van der Waals surface area contributed by atoms with E-state index in [-0.39, 0.29) is 18.2 Å². The van der Waals surface area contributed by atoms with Crippen molar-refractivity contribution < 1.29 is 13.2 Å². The van der Waals surface area contributed by atoms with E-state index >= 15 is 0 Å². The number of sulfonamides is 1. The van der Waals surface area contributed by atoms with E-state index in [9.17, 15) is 13.2 Å². The first kappa shape index (κ1) is 16.3. The number of rotatable bonds is 7. The summed E-state index contributed by atoms with van der Waals surface area (Å²) in [5, 5.41) is 5.60. The van der Waals surface area contributed by atoms with Crippen LogP contribution in [0.15, 0.2) is 18.2 Å². The largest absolute Gasteiger partial charge is 0.397 e. The summed E-state index contributed by atoms with van der Waals surface area (Å²) in [7, 11) is -1.88. The van der Waals surface area contributed by atoms with Gasteiger partial charge < -0.3 is 16.4 Å². The van der Waals surface area contributed by atoms with Crippen molar-refractivity contribution in [3.8, 4) is 0 Å². The molecule has 1 rings (SSSR count). The molecule has 1 aromatic carbocycles. The Balaban J connectivity index is 2.67. The van der Waals surface area contributed by atoms with Crippen molar-refractivity contribution in [2.24, 2.45) is 0 Å². The van der Waals surface area contributed by atoms with Crippen molar-refractivity contribution in [3.63, 3.8) is 0 Å². The van der Waals surface area contributed by atoms with Crippen LogP contribution >= 0.6 is 0 Å². The molecule has 0 aliphatic heterocycles. The Morgan fingerprint density at radius 3 is 2.60 bits per heavy atom. The highest BCUT2D eigenvalue weighted by Gasteiger charge is 2.09. The van der Waals surface area contributed by atoms with Crippen LogP contribution in [-0.4, -0.2) is 40.2 Å². The number of carbonyl (C=O) groups is 1. The third-order valence-corrected chi connectivity index (χ3v) is 4.01. The quantitative estimate of drug-likeness (QED) is 0.529. The van der Waals surface area contributed by atoms with Gasteiger partial charge in [-0.2, -0.15) is 0 Å². The van der Waals surface area contributed by atoms with Crippen LogP contribution in [0.4, 0.5) is 11.4 Å². The Morgan fingerprint density at radius 1 is 1.35 bits per heavy atom. The van der Waals surface area contributed by atoms with Gasteiger partial charge in [0.2, 0.25) is 10.0 Å². The summed E-state index contributed by atoms with van der Waals surface area (Å²) in [6.45, 7) is 2.61. The average molecular weight is 300 g/mol. The second kappa shape index (κ2) is 7.11. The second-order valence-electron chi connectivity index (χ2n) is 4.11. The molecule has 1 amide bonds. The van der Waals surface area contributed by atoms with Crippen molar-refractivity contribution in [2.45, 2.75) is 6.92 Å². The van der Waals surface area contributed by atoms with Gasteiger partial charge in [0.05, 0.1) is 17.1 Å². The number of amides is 1. The highest BCUT2D eigenvalue weighted by molar-refractivity contribution is 7.89. The zero-order valence-corrected chi connectivity index (χ0v) is 12.4. The van der Waals surface area contributed by atoms with Gasteiger partial charge in [0.25, 0.3) is 5.91 Å². The molecule has 0 spiro atoms. The van der Waals surface area contributed by atoms with Gasteiger partial charge in [-0.1, -0.05) is 0 Å². The van der Waals surface area contributed by atoms with E-state index in [1.165, 1.54) is 7.05 Å². The molecule has 112 valence electrons. The van der Waals surface area contributed by atoms with E-state index in [2.05, 4.69) is 15.4 Å². The molecule has 0 aliphatic carbocycles. The molecule has 0 aromatic heterocycles. The van der Waals surface area contributed by atoms with Crippen LogP contribution in [0, 0.1) is 0 Å². The molecule has 0 unspecified atom stereocenters. The third kappa shape index (κ3) is 4.71. The zero-order chi connectivity index (χ0) is 15.2. The highest BCUT2D eigenvalue weighted by Crippen LogP contribution is 2.19. The number of carbonyl (C=O) groups excluding carboxylic acids is 1. The predicted octanol–water partition coefficient (Wildman–Crippen LogP) is -0.0204. The fourth-order valence-corrected chi connectivity index (χ4v) is 2.12. The number of nitrogens with two attached hydrogens (primary N) is 1. The van der Waals surface area contributed by atoms with Crippen LogP contribution in [0.25, 0.3) is 0 Å². The molecule has 7 nitrogen and oxygen atoms in total. The smallest absolute Gasteiger partial charge is 0.251 e. The molecule has 8 heteroatoms. The van der Waals surface area contributed by atoms with Gasteiger partial charge in [-0.15, -0.1) is 0 Å². The Bertz CT molecular complexity index is 572. The number of hydrogen-bond acceptors (Lipinski definition) is 5. The summed E-state index contributed by atoms with van der Waals surface area (Å²) in [5.41, 5.74) is 7.30. The maximum atomic E-state index is 11.6. The molecule has 5 N–H and O–H groups in total. The van der Waals surface area contributed by atoms with Crippen molar-refractivity contribution >= 4 is 27.3 Å². The minimum atomic E-state index is -3.25. The summed E-state index contributed by atoms with van der Waals surface area (Å²) in [4.78, 5) is 11.6. The van der Waals surface area contributed by atoms with Gasteiger partial charge in [-0.3, -0.25) is 4.79 Å². The van der Waals surface area contributed by atoms with E-state index in [1.54, 1.807) is 18.2 Å². The van der Waals surface area contributed by atoms with Gasteiger partial charge in [-0.05, 0) is 32.2 Å². The minimum absolute atomic E-state index is 0.0546. The van der Waals surface area contributed by atoms with E-state index in [0.717, 1.165) is 0 Å². The Labute approximate surface area is 119 Å². The lowest BCUT2D eigenvalue weighted by Gasteiger charge is -2.11. The van der Waals surface area contributed by atoms with Crippen molar-refractivity contribution in [1.82, 2.24) is 10.0 Å². The minimum Gasteiger partial charge on any atom is -0.397 e. The average Bonchev–Trinajstić information content (AvgIpc) is 2.40. The number of anilines is 2. The molecule has 0 saturated heterocycles. The van der Waals surface area contributed by atoms with Gasteiger partial charge in [-0.25, -0.2) is 13.1 Å². The summed E-state index contributed by atoms with van der Waals surface area (Å²) >= 11 is 0. The standard InChI is InChI=1S/C12H20N4O3S/c1-3-15-12(17)9-4-5-11(10(13)8-9)16-6-7-20(18,19)14-2/h4-5,8,14,16H,3,6-7,13H2,1-2H3,(H,15,17). The molecular weight excluding hydrogens is 280 g/mol. The molecule has 0 aliphatic rings. The molecule has 0 atom stereocenters. The normalized spacial score (nSPS) is 11.1. The molecule has 20 heavy (non-hydrogen) atoms. The lowest BCUT2D eigenvalue weighted by atomic mass is 10.1. The summed E-state index contributed by atoms with van der Waals surface area (Å²) in [6.07, 6.45) is 0. The molecule has 0 saturated carbocycles. The fourth-order valence-electron chi connectivity index (χ4n) is 1.55. The van der Waals surface area contributed by atoms with Crippen LogP contribution in [0.1, 0.15) is 17.3 Å².